The molecule has 122 valence electrons. The van der Waals surface area contributed by atoms with E-state index in [1.54, 1.807) is 12.4 Å². The Morgan fingerprint density at radius 1 is 1.30 bits per heavy atom. The molecular weight excluding hydrogens is 312 g/mol. The summed E-state index contributed by atoms with van der Waals surface area (Å²) in [5, 5.41) is 11.2. The molecule has 1 N–H and O–H groups in total. The maximum Gasteiger partial charge on any atom is 0.0805 e. The highest BCUT2D eigenvalue weighted by atomic mass is 35.5. The first-order valence-corrected chi connectivity index (χ1v) is 8.25. The number of morpholine rings is 1. The molecule has 2 atom stereocenters. The first-order valence-electron chi connectivity index (χ1n) is 7.87. The Labute approximate surface area is 141 Å². The zero-order valence-electron chi connectivity index (χ0n) is 12.9. The minimum absolute atomic E-state index is 0.170. The lowest BCUT2D eigenvalue weighted by Gasteiger charge is -2.36. The Morgan fingerprint density at radius 2 is 2.13 bits per heavy atom. The predicted molar refractivity (Wildman–Crippen MR) is 90.3 cm³/mol. The summed E-state index contributed by atoms with van der Waals surface area (Å²) in [6.07, 6.45) is 3.59. The molecular formula is C18H21ClN2O2. The molecule has 1 aromatic heterocycles. The first-order chi connectivity index (χ1) is 11.2. The van der Waals surface area contributed by atoms with Crippen LogP contribution in [0.25, 0.3) is 0 Å². The van der Waals surface area contributed by atoms with Crippen LogP contribution >= 0.6 is 11.6 Å². The van der Waals surface area contributed by atoms with Crippen molar-refractivity contribution < 1.29 is 9.84 Å². The predicted octanol–water partition coefficient (Wildman–Crippen LogP) is 3.06. The van der Waals surface area contributed by atoms with Gasteiger partial charge in [0.2, 0.25) is 0 Å². The normalized spacial score (nSPS) is 20.3. The van der Waals surface area contributed by atoms with Gasteiger partial charge in [-0.15, -0.1) is 0 Å². The summed E-state index contributed by atoms with van der Waals surface area (Å²) >= 11 is 6.22. The smallest absolute Gasteiger partial charge is 0.0805 e. The van der Waals surface area contributed by atoms with Gasteiger partial charge in [-0.05, 0) is 23.6 Å². The topological polar surface area (TPSA) is 45.6 Å². The Morgan fingerprint density at radius 3 is 2.91 bits per heavy atom. The number of halogens is 1. The molecule has 0 bridgehead atoms. The third-order valence-electron chi connectivity index (χ3n) is 4.26. The molecule has 4 nitrogen and oxygen atoms in total. The Bertz CT molecular complexity index is 623. The fourth-order valence-corrected chi connectivity index (χ4v) is 3.11. The molecule has 23 heavy (non-hydrogen) atoms. The number of hydrogen-bond acceptors (Lipinski definition) is 4. The summed E-state index contributed by atoms with van der Waals surface area (Å²) in [6, 6.07) is 11.9. The van der Waals surface area contributed by atoms with Crippen LogP contribution in [0.5, 0.6) is 0 Å². The quantitative estimate of drug-likeness (QED) is 0.914. The van der Waals surface area contributed by atoms with Gasteiger partial charge in [-0.2, -0.15) is 0 Å². The van der Waals surface area contributed by atoms with E-state index >= 15 is 0 Å². The monoisotopic (exact) mass is 332 g/mol. The van der Waals surface area contributed by atoms with Crippen molar-refractivity contribution in [3.8, 4) is 0 Å². The van der Waals surface area contributed by atoms with Gasteiger partial charge < -0.3 is 9.84 Å². The highest BCUT2D eigenvalue weighted by Crippen LogP contribution is 2.25. The number of hydrogen-bond donors (Lipinski definition) is 1. The number of aliphatic hydroxyl groups excluding tert-OH is 1. The lowest BCUT2D eigenvalue weighted by molar-refractivity contribution is -0.0300. The zero-order valence-corrected chi connectivity index (χ0v) is 13.7. The molecule has 0 saturated carbocycles. The highest BCUT2D eigenvalue weighted by Gasteiger charge is 2.26. The number of benzene rings is 1. The van der Waals surface area contributed by atoms with Crippen molar-refractivity contribution in [2.24, 2.45) is 0 Å². The van der Waals surface area contributed by atoms with Gasteiger partial charge in [-0.1, -0.05) is 41.9 Å². The van der Waals surface area contributed by atoms with Crippen LogP contribution in [-0.2, 0) is 11.3 Å². The average molecular weight is 333 g/mol. The largest absolute Gasteiger partial charge is 0.388 e. The van der Waals surface area contributed by atoms with E-state index in [-0.39, 0.29) is 6.04 Å². The molecule has 1 fully saturated rings. The fourth-order valence-electron chi connectivity index (χ4n) is 2.93. The molecule has 2 unspecified atom stereocenters. The van der Waals surface area contributed by atoms with Gasteiger partial charge in [0, 0.05) is 31.5 Å². The molecule has 2 aromatic rings. The fraction of sp³-hybridized carbons (Fsp3) is 0.389. The van der Waals surface area contributed by atoms with Crippen molar-refractivity contribution in [1.82, 2.24) is 9.88 Å². The summed E-state index contributed by atoms with van der Waals surface area (Å²) < 4.78 is 5.62. The van der Waals surface area contributed by atoms with Crippen LogP contribution in [0, 0.1) is 0 Å². The van der Waals surface area contributed by atoms with Crippen molar-refractivity contribution in [2.75, 3.05) is 19.8 Å². The number of nitrogens with zero attached hydrogens (tertiary/aromatic N) is 2. The van der Waals surface area contributed by atoms with Crippen LogP contribution in [0.2, 0.25) is 5.02 Å². The van der Waals surface area contributed by atoms with Gasteiger partial charge in [0.25, 0.3) is 0 Å². The molecule has 3 rings (SSSR count). The number of aromatic nitrogens is 1. The van der Waals surface area contributed by atoms with Gasteiger partial charge >= 0.3 is 0 Å². The average Bonchev–Trinajstić information content (AvgIpc) is 2.59. The van der Waals surface area contributed by atoms with E-state index in [9.17, 15) is 5.11 Å². The summed E-state index contributed by atoms with van der Waals surface area (Å²) in [4.78, 5) is 6.36. The molecule has 1 saturated heterocycles. The third kappa shape index (κ3) is 4.30. The van der Waals surface area contributed by atoms with E-state index in [2.05, 4.69) is 9.88 Å². The second-order valence-electron chi connectivity index (χ2n) is 5.83. The molecule has 0 amide bonds. The number of aliphatic hydroxyl groups is 1. The summed E-state index contributed by atoms with van der Waals surface area (Å²) in [5.74, 6) is 0. The second-order valence-corrected chi connectivity index (χ2v) is 6.24. The van der Waals surface area contributed by atoms with E-state index in [4.69, 9.17) is 16.3 Å². The SMILES string of the molecule is OC(CC1COCCN1Cc1ccncc1Cl)c1ccccc1. The number of rotatable bonds is 5. The molecule has 5 heteroatoms. The number of pyridine rings is 1. The van der Waals surface area contributed by atoms with Crippen molar-refractivity contribution >= 4 is 11.6 Å². The van der Waals surface area contributed by atoms with Crippen LogP contribution < -0.4 is 0 Å². The minimum atomic E-state index is -0.488. The Balaban J connectivity index is 1.68. The van der Waals surface area contributed by atoms with E-state index < -0.39 is 6.10 Å². The maximum atomic E-state index is 10.5. The molecule has 1 aromatic carbocycles. The molecule has 0 radical (unpaired) electrons. The zero-order chi connectivity index (χ0) is 16.1. The number of ether oxygens (including phenoxy) is 1. The lowest BCUT2D eigenvalue weighted by Crippen LogP contribution is -2.45. The molecule has 0 spiro atoms. The van der Waals surface area contributed by atoms with E-state index in [1.165, 1.54) is 0 Å². The summed E-state index contributed by atoms with van der Waals surface area (Å²) in [6.45, 7) is 2.93. The van der Waals surface area contributed by atoms with Gasteiger partial charge in [0.15, 0.2) is 0 Å². The van der Waals surface area contributed by atoms with Crippen molar-refractivity contribution in [1.29, 1.82) is 0 Å². The first kappa shape index (κ1) is 16.4. The minimum Gasteiger partial charge on any atom is -0.388 e. The molecule has 0 aliphatic carbocycles. The molecule has 1 aliphatic rings. The van der Waals surface area contributed by atoms with Gasteiger partial charge in [-0.3, -0.25) is 9.88 Å². The third-order valence-corrected chi connectivity index (χ3v) is 4.60. The van der Waals surface area contributed by atoms with Gasteiger partial charge in [-0.25, -0.2) is 0 Å². The summed E-state index contributed by atoms with van der Waals surface area (Å²) in [5.41, 5.74) is 2.00. The van der Waals surface area contributed by atoms with E-state index in [0.717, 1.165) is 24.2 Å². The Kier molecular flexibility index (Phi) is 5.62. The van der Waals surface area contributed by atoms with Crippen molar-refractivity contribution in [3.63, 3.8) is 0 Å². The standard InChI is InChI=1S/C18H21ClN2O2/c19-17-11-20-7-6-15(17)12-21-8-9-23-13-16(21)10-18(22)14-4-2-1-3-5-14/h1-7,11,16,18,22H,8-10,12-13H2. The molecule has 1 aliphatic heterocycles. The van der Waals surface area contributed by atoms with Crippen molar-refractivity contribution in [2.45, 2.75) is 25.1 Å². The van der Waals surface area contributed by atoms with Crippen LogP contribution in [0.1, 0.15) is 23.7 Å². The van der Waals surface area contributed by atoms with Crippen LogP contribution in [0.3, 0.4) is 0 Å². The van der Waals surface area contributed by atoms with E-state index in [1.807, 2.05) is 36.4 Å². The van der Waals surface area contributed by atoms with Gasteiger partial charge in [0.05, 0.1) is 24.3 Å². The Hall–Kier alpha value is -1.46. The van der Waals surface area contributed by atoms with Crippen LogP contribution in [0.15, 0.2) is 48.8 Å². The maximum absolute atomic E-state index is 10.5. The second kappa shape index (κ2) is 7.88. The van der Waals surface area contributed by atoms with Crippen molar-refractivity contribution in [3.05, 3.63) is 64.9 Å². The summed E-state index contributed by atoms with van der Waals surface area (Å²) in [7, 11) is 0. The van der Waals surface area contributed by atoms with Gasteiger partial charge in [0.1, 0.15) is 0 Å². The van der Waals surface area contributed by atoms with Crippen LogP contribution in [-0.4, -0.2) is 40.8 Å². The van der Waals surface area contributed by atoms with Crippen LogP contribution in [0.4, 0.5) is 0 Å². The lowest BCUT2D eigenvalue weighted by atomic mass is 10.0. The highest BCUT2D eigenvalue weighted by molar-refractivity contribution is 6.31. The van der Waals surface area contributed by atoms with E-state index in [0.29, 0.717) is 24.7 Å². The molecule has 2 heterocycles.